The van der Waals surface area contributed by atoms with Crippen molar-refractivity contribution in [3.63, 3.8) is 0 Å². The molecule has 0 radical (unpaired) electrons. The van der Waals surface area contributed by atoms with Gasteiger partial charge in [-0.2, -0.15) is 0 Å². The zero-order chi connectivity index (χ0) is 29.4. The lowest BCUT2D eigenvalue weighted by Crippen LogP contribution is -2.35. The van der Waals surface area contributed by atoms with Crippen LogP contribution in [0.3, 0.4) is 0 Å². The predicted octanol–water partition coefficient (Wildman–Crippen LogP) is 9.57. The molecule has 0 saturated carbocycles. The molecular formula is C41H33OP. The minimum absolute atomic E-state index is 0.498. The van der Waals surface area contributed by atoms with Crippen LogP contribution in [-0.2, 0) is 9.98 Å². The number of benzene rings is 6. The quantitative estimate of drug-likeness (QED) is 0.189. The number of rotatable bonds is 2. The summed E-state index contributed by atoms with van der Waals surface area (Å²) >= 11 is 0. The Morgan fingerprint density at radius 3 is 1.77 bits per heavy atom. The molecule has 6 aromatic rings. The van der Waals surface area contributed by atoms with Crippen molar-refractivity contribution in [1.82, 2.24) is 0 Å². The first kappa shape index (κ1) is 26.2. The number of hydrogen-bond acceptors (Lipinski definition) is 1. The minimum atomic E-state index is -3.17. The van der Waals surface area contributed by atoms with Gasteiger partial charge in [0.05, 0.1) is 5.41 Å². The summed E-state index contributed by atoms with van der Waals surface area (Å²) in [4.78, 5) is 0. The maximum Gasteiger partial charge on any atom is 0.149 e. The molecule has 0 amide bonds. The van der Waals surface area contributed by atoms with Gasteiger partial charge in [-0.15, -0.1) is 0 Å². The maximum atomic E-state index is 16.2. The van der Waals surface area contributed by atoms with Crippen LogP contribution in [0.5, 0.6) is 0 Å². The van der Waals surface area contributed by atoms with Gasteiger partial charge in [-0.1, -0.05) is 160 Å². The van der Waals surface area contributed by atoms with Gasteiger partial charge in [0.1, 0.15) is 7.14 Å². The summed E-state index contributed by atoms with van der Waals surface area (Å²) in [5.74, 6) is 0. The zero-order valence-corrected chi connectivity index (χ0v) is 25.6. The van der Waals surface area contributed by atoms with Gasteiger partial charge in [0.15, 0.2) is 0 Å². The average Bonchev–Trinajstić information content (AvgIpc) is 3.30. The van der Waals surface area contributed by atoms with Gasteiger partial charge in [0, 0.05) is 21.3 Å². The molecule has 0 spiro atoms. The summed E-state index contributed by atoms with van der Waals surface area (Å²) in [6.07, 6.45) is 0. The largest absolute Gasteiger partial charge is 0.313 e. The topological polar surface area (TPSA) is 17.1 Å². The van der Waals surface area contributed by atoms with Gasteiger partial charge < -0.3 is 4.57 Å². The van der Waals surface area contributed by atoms with E-state index in [0.717, 1.165) is 32.5 Å². The van der Waals surface area contributed by atoms with E-state index in [-0.39, 0.29) is 0 Å². The molecule has 0 N–H and O–H groups in total. The number of allylic oxidation sites excluding steroid dienone is 1. The van der Waals surface area contributed by atoms with Gasteiger partial charge in [0.25, 0.3) is 0 Å². The molecule has 2 heteroatoms. The first-order valence-corrected chi connectivity index (χ1v) is 16.8. The van der Waals surface area contributed by atoms with E-state index in [1.165, 1.54) is 33.4 Å². The van der Waals surface area contributed by atoms with Crippen LogP contribution in [-0.4, -0.2) is 5.16 Å². The standard InChI is InChI=1S/C41H33OP/c1-40(2,3)43(42)35-25-15-13-23-33(35)39-38(37-31-21-11-10-16-28(31)26-27-36(37)43)32-22-12-14-24-34(32)41(39,29-17-6-4-7-18-29)30-19-8-5-9-20-30/h4-27H,1-3H3. The van der Waals surface area contributed by atoms with E-state index in [1.54, 1.807) is 0 Å². The van der Waals surface area contributed by atoms with Crippen LogP contribution in [0, 0.1) is 0 Å². The van der Waals surface area contributed by atoms with Crippen molar-refractivity contribution in [2.45, 2.75) is 31.3 Å². The monoisotopic (exact) mass is 572 g/mol. The highest BCUT2D eigenvalue weighted by Crippen LogP contribution is 2.66. The van der Waals surface area contributed by atoms with Crippen LogP contribution in [0.2, 0.25) is 0 Å². The summed E-state index contributed by atoms with van der Waals surface area (Å²) < 4.78 is 16.2. The third kappa shape index (κ3) is 3.38. The Labute approximate surface area is 253 Å². The molecule has 6 aromatic carbocycles. The molecule has 1 heterocycles. The summed E-state index contributed by atoms with van der Waals surface area (Å²) in [6.45, 7) is 6.45. The Kier molecular flexibility index (Phi) is 5.65. The SMILES string of the molecule is CC(C)(C)P1(=O)c2ccccc2C2=C(c3ccccc3C2(c2ccccc2)c2ccccc2)c2c1ccc1ccccc21. The normalized spacial score (nSPS) is 18.4. The maximum absolute atomic E-state index is 16.2. The molecule has 0 saturated heterocycles. The van der Waals surface area contributed by atoms with Crippen LogP contribution in [0.25, 0.3) is 21.9 Å². The van der Waals surface area contributed by atoms with Crippen molar-refractivity contribution in [3.8, 4) is 0 Å². The Hall–Kier alpha value is -4.45. The van der Waals surface area contributed by atoms with E-state index in [0.29, 0.717) is 0 Å². The van der Waals surface area contributed by atoms with Crippen LogP contribution >= 0.6 is 7.14 Å². The number of hydrogen-bond donors (Lipinski definition) is 0. The van der Waals surface area contributed by atoms with Gasteiger partial charge in [0.2, 0.25) is 0 Å². The molecule has 0 fully saturated rings. The van der Waals surface area contributed by atoms with Crippen molar-refractivity contribution >= 4 is 39.7 Å². The van der Waals surface area contributed by atoms with E-state index >= 15 is 4.57 Å². The van der Waals surface area contributed by atoms with Gasteiger partial charge in [-0.05, 0) is 55.8 Å². The second-order valence-electron chi connectivity index (χ2n) is 12.8. The second-order valence-corrected chi connectivity index (χ2v) is 16.3. The van der Waals surface area contributed by atoms with Crippen molar-refractivity contribution in [2.24, 2.45) is 0 Å². The third-order valence-corrected chi connectivity index (χ3v) is 13.6. The van der Waals surface area contributed by atoms with Crippen molar-refractivity contribution < 1.29 is 4.57 Å². The fraction of sp³-hybridized carbons (Fsp3) is 0.122. The fourth-order valence-electron chi connectivity index (χ4n) is 7.82. The van der Waals surface area contributed by atoms with Crippen LogP contribution in [0.15, 0.2) is 146 Å². The first-order chi connectivity index (χ1) is 20.9. The second kappa shape index (κ2) is 9.27. The zero-order valence-electron chi connectivity index (χ0n) is 24.7. The third-order valence-electron chi connectivity index (χ3n) is 9.59. The summed E-state index contributed by atoms with van der Waals surface area (Å²) in [5.41, 5.74) is 8.91. The van der Waals surface area contributed by atoms with Crippen LogP contribution < -0.4 is 10.6 Å². The smallest absolute Gasteiger partial charge is 0.149 e. The Morgan fingerprint density at radius 2 is 1.09 bits per heavy atom. The molecule has 43 heavy (non-hydrogen) atoms. The Bertz CT molecular complexity index is 2090. The molecule has 1 nitrogen and oxygen atoms in total. The molecule has 8 rings (SSSR count). The molecule has 1 aliphatic heterocycles. The Morgan fingerprint density at radius 1 is 0.535 bits per heavy atom. The van der Waals surface area contributed by atoms with Crippen molar-refractivity contribution in [2.75, 3.05) is 0 Å². The summed E-state index contributed by atoms with van der Waals surface area (Å²) in [6, 6.07) is 52.2. The molecule has 208 valence electrons. The highest BCUT2D eigenvalue weighted by molar-refractivity contribution is 7.80. The average molecular weight is 573 g/mol. The summed E-state index contributed by atoms with van der Waals surface area (Å²) in [5, 5.41) is 3.73. The van der Waals surface area contributed by atoms with Crippen molar-refractivity contribution in [3.05, 3.63) is 179 Å². The summed E-state index contributed by atoms with van der Waals surface area (Å²) in [7, 11) is -3.17. The van der Waals surface area contributed by atoms with Gasteiger partial charge in [-0.3, -0.25) is 0 Å². The molecule has 0 aromatic heterocycles. The Balaban J connectivity index is 1.70. The van der Waals surface area contributed by atoms with E-state index < -0.39 is 17.7 Å². The van der Waals surface area contributed by atoms with Gasteiger partial charge >= 0.3 is 0 Å². The molecule has 1 unspecified atom stereocenters. The van der Waals surface area contributed by atoms with E-state index in [1.807, 2.05) is 0 Å². The molecule has 1 aliphatic carbocycles. The molecule has 2 aliphatic rings. The van der Waals surface area contributed by atoms with E-state index in [9.17, 15) is 0 Å². The number of fused-ring (bicyclic) bond motifs is 8. The van der Waals surface area contributed by atoms with Crippen LogP contribution in [0.4, 0.5) is 0 Å². The molecular weight excluding hydrogens is 539 g/mol. The lowest BCUT2D eigenvalue weighted by Gasteiger charge is -2.38. The first-order valence-electron chi connectivity index (χ1n) is 15.1. The molecule has 0 bridgehead atoms. The fourth-order valence-corrected chi connectivity index (χ4v) is 11.2. The van der Waals surface area contributed by atoms with E-state index in [4.69, 9.17) is 0 Å². The molecule has 1 atom stereocenters. The lowest BCUT2D eigenvalue weighted by molar-refractivity contribution is 0.564. The minimum Gasteiger partial charge on any atom is -0.313 e. The van der Waals surface area contributed by atoms with Crippen molar-refractivity contribution in [1.29, 1.82) is 0 Å². The highest BCUT2D eigenvalue weighted by Gasteiger charge is 2.54. The predicted molar refractivity (Wildman–Crippen MR) is 182 cm³/mol. The van der Waals surface area contributed by atoms with E-state index in [2.05, 4.69) is 166 Å². The van der Waals surface area contributed by atoms with Crippen LogP contribution in [0.1, 0.15) is 54.2 Å². The lowest BCUT2D eigenvalue weighted by atomic mass is 9.65. The highest BCUT2D eigenvalue weighted by atomic mass is 31.2. The van der Waals surface area contributed by atoms with Gasteiger partial charge in [-0.25, -0.2) is 0 Å².